The fourth-order valence-electron chi connectivity index (χ4n) is 2.55. The lowest BCUT2D eigenvalue weighted by Crippen LogP contribution is -2.48. The molecule has 3 nitrogen and oxygen atoms in total. The highest BCUT2D eigenvalue weighted by atomic mass is 19.4. The summed E-state index contributed by atoms with van der Waals surface area (Å²) in [5.41, 5.74) is 1.88. The minimum absolute atomic E-state index is 0.0697. The summed E-state index contributed by atoms with van der Waals surface area (Å²) in [6.45, 7) is 2.58. The van der Waals surface area contributed by atoms with Gasteiger partial charge < -0.3 is 9.88 Å². The highest BCUT2D eigenvalue weighted by Gasteiger charge is 2.40. The molecule has 0 radical (unpaired) electrons. The Balaban J connectivity index is 1.60. The highest BCUT2D eigenvalue weighted by molar-refractivity contribution is 5.74. The van der Waals surface area contributed by atoms with Crippen LogP contribution in [0.3, 0.4) is 0 Å². The van der Waals surface area contributed by atoms with Crippen LogP contribution in [0.25, 0.3) is 11.0 Å². The van der Waals surface area contributed by atoms with Crippen molar-refractivity contribution in [3.63, 3.8) is 0 Å². The second-order valence-corrected chi connectivity index (χ2v) is 5.50. The first-order chi connectivity index (χ1) is 9.43. The normalized spacial score (nSPS) is 19.2. The quantitative estimate of drug-likeness (QED) is 0.938. The molecule has 0 saturated carbocycles. The number of imidazole rings is 1. The summed E-state index contributed by atoms with van der Waals surface area (Å²) in [6, 6.07) is 7.74. The predicted molar refractivity (Wildman–Crippen MR) is 70.5 cm³/mol. The molecule has 2 aromatic rings. The third-order valence-corrected chi connectivity index (χ3v) is 3.84. The summed E-state index contributed by atoms with van der Waals surface area (Å²) in [5.74, 6) is -0.191. The Kier molecular flexibility index (Phi) is 3.20. The molecule has 0 spiro atoms. The van der Waals surface area contributed by atoms with Crippen LogP contribution < -0.4 is 0 Å². The number of likely N-dealkylation sites (tertiary alicyclic amines) is 1. The molecule has 1 aromatic heterocycles. The van der Waals surface area contributed by atoms with E-state index < -0.39 is 12.1 Å². The molecule has 1 aliphatic rings. The van der Waals surface area contributed by atoms with E-state index in [4.69, 9.17) is 0 Å². The van der Waals surface area contributed by atoms with Gasteiger partial charge in [-0.2, -0.15) is 13.2 Å². The van der Waals surface area contributed by atoms with Gasteiger partial charge in [0.2, 0.25) is 0 Å². The average molecular weight is 283 g/mol. The number of alkyl halides is 3. The van der Waals surface area contributed by atoms with Crippen molar-refractivity contribution in [3.8, 4) is 0 Å². The van der Waals surface area contributed by atoms with Crippen molar-refractivity contribution in [1.82, 2.24) is 14.9 Å². The summed E-state index contributed by atoms with van der Waals surface area (Å²) in [7, 11) is 0. The number of hydrogen-bond donors (Lipinski definition) is 1. The van der Waals surface area contributed by atoms with Gasteiger partial charge in [0.25, 0.3) is 0 Å². The van der Waals surface area contributed by atoms with Crippen molar-refractivity contribution in [3.05, 3.63) is 30.1 Å². The molecule has 6 heteroatoms. The van der Waals surface area contributed by atoms with E-state index in [0.29, 0.717) is 13.1 Å². The Morgan fingerprint density at radius 3 is 2.70 bits per heavy atom. The maximum absolute atomic E-state index is 12.5. The van der Waals surface area contributed by atoms with Crippen LogP contribution in [0.5, 0.6) is 0 Å². The number of H-pyrrole nitrogens is 1. The van der Waals surface area contributed by atoms with Crippen molar-refractivity contribution in [2.24, 2.45) is 5.92 Å². The summed E-state index contributed by atoms with van der Waals surface area (Å²) < 4.78 is 37.5. The van der Waals surface area contributed by atoms with E-state index in [1.807, 2.05) is 29.2 Å². The van der Waals surface area contributed by atoms with Crippen LogP contribution in [0.2, 0.25) is 0 Å². The number of fused-ring (bicyclic) bond motifs is 1. The van der Waals surface area contributed by atoms with Gasteiger partial charge in [-0.3, -0.25) is 0 Å². The third-order valence-electron chi connectivity index (χ3n) is 3.84. The molecule has 1 saturated heterocycles. The molecule has 0 aliphatic carbocycles. The second-order valence-electron chi connectivity index (χ2n) is 5.50. The second kappa shape index (κ2) is 4.77. The van der Waals surface area contributed by atoms with Crippen LogP contribution in [0.1, 0.15) is 18.7 Å². The molecule has 1 aromatic carbocycles. The fraction of sp³-hybridized carbons (Fsp3) is 0.500. The van der Waals surface area contributed by atoms with Crippen molar-refractivity contribution in [2.75, 3.05) is 19.6 Å². The van der Waals surface area contributed by atoms with Crippen LogP contribution in [-0.4, -0.2) is 40.7 Å². The lowest BCUT2D eigenvalue weighted by Gasteiger charge is -2.39. The van der Waals surface area contributed by atoms with E-state index in [2.05, 4.69) is 9.97 Å². The van der Waals surface area contributed by atoms with Crippen LogP contribution in [-0.2, 0) is 0 Å². The van der Waals surface area contributed by atoms with Gasteiger partial charge >= 0.3 is 6.18 Å². The number of para-hydroxylation sites is 2. The molecule has 20 heavy (non-hydrogen) atoms. The molecule has 1 unspecified atom stereocenters. The Labute approximate surface area is 114 Å². The van der Waals surface area contributed by atoms with E-state index in [1.54, 1.807) is 0 Å². The van der Waals surface area contributed by atoms with Crippen LogP contribution in [0.4, 0.5) is 13.2 Å². The lowest BCUT2D eigenvalue weighted by atomic mass is 9.97. The van der Waals surface area contributed by atoms with Gasteiger partial charge in [-0.25, -0.2) is 4.98 Å². The fourth-order valence-corrected chi connectivity index (χ4v) is 2.55. The molecular weight excluding hydrogens is 267 g/mol. The SMILES string of the molecule is CC(CN1CC(c2nc3ccccc3[nH]2)C1)C(F)(F)F. The van der Waals surface area contributed by atoms with Gasteiger partial charge in [-0.1, -0.05) is 19.1 Å². The van der Waals surface area contributed by atoms with Crippen LogP contribution >= 0.6 is 0 Å². The first-order valence-corrected chi connectivity index (χ1v) is 6.67. The first kappa shape index (κ1) is 13.4. The van der Waals surface area contributed by atoms with E-state index >= 15 is 0 Å². The van der Waals surface area contributed by atoms with Crippen molar-refractivity contribution in [1.29, 1.82) is 0 Å². The zero-order valence-corrected chi connectivity index (χ0v) is 11.1. The molecule has 1 fully saturated rings. The van der Waals surface area contributed by atoms with Crippen molar-refractivity contribution in [2.45, 2.75) is 19.0 Å². The number of aromatic amines is 1. The Morgan fingerprint density at radius 1 is 1.35 bits per heavy atom. The van der Waals surface area contributed by atoms with Crippen LogP contribution in [0.15, 0.2) is 24.3 Å². The molecular formula is C14H16F3N3. The lowest BCUT2D eigenvalue weighted by molar-refractivity contribution is -0.176. The molecule has 2 heterocycles. The van der Waals surface area contributed by atoms with Gasteiger partial charge in [-0.05, 0) is 12.1 Å². The maximum atomic E-state index is 12.5. The number of nitrogens with one attached hydrogen (secondary N) is 1. The van der Waals surface area contributed by atoms with E-state index in [9.17, 15) is 13.2 Å². The number of hydrogen-bond acceptors (Lipinski definition) is 2. The van der Waals surface area contributed by atoms with Gasteiger partial charge in [0, 0.05) is 25.6 Å². The molecule has 1 aliphatic heterocycles. The number of halogens is 3. The number of nitrogens with zero attached hydrogens (tertiary/aromatic N) is 2. The summed E-state index contributed by atoms with van der Waals surface area (Å²) in [5, 5.41) is 0. The molecule has 3 rings (SSSR count). The average Bonchev–Trinajstić information content (AvgIpc) is 2.74. The summed E-state index contributed by atoms with van der Waals surface area (Å²) in [4.78, 5) is 9.56. The van der Waals surface area contributed by atoms with E-state index in [0.717, 1.165) is 16.9 Å². The Morgan fingerprint density at radius 2 is 2.05 bits per heavy atom. The van der Waals surface area contributed by atoms with E-state index in [-0.39, 0.29) is 12.5 Å². The van der Waals surface area contributed by atoms with Gasteiger partial charge in [0.05, 0.1) is 17.0 Å². The largest absolute Gasteiger partial charge is 0.392 e. The van der Waals surface area contributed by atoms with Gasteiger partial charge in [0.1, 0.15) is 5.82 Å². The molecule has 0 amide bonds. The topological polar surface area (TPSA) is 31.9 Å². The zero-order chi connectivity index (χ0) is 14.3. The minimum atomic E-state index is -4.11. The van der Waals surface area contributed by atoms with Gasteiger partial charge in [0.15, 0.2) is 0 Å². The number of aromatic nitrogens is 2. The van der Waals surface area contributed by atoms with E-state index in [1.165, 1.54) is 6.92 Å². The Bertz CT molecular complexity index is 566. The Hall–Kier alpha value is -1.56. The highest BCUT2D eigenvalue weighted by Crippen LogP contribution is 2.31. The molecule has 108 valence electrons. The standard InChI is InChI=1S/C14H16F3N3/c1-9(14(15,16)17)6-20-7-10(8-20)13-18-11-4-2-3-5-12(11)19-13/h2-5,9-10H,6-8H2,1H3,(H,18,19). The van der Waals surface area contributed by atoms with Crippen LogP contribution in [0, 0.1) is 5.92 Å². The summed E-state index contributed by atoms with van der Waals surface area (Å²) >= 11 is 0. The third kappa shape index (κ3) is 2.52. The molecule has 1 N–H and O–H groups in total. The minimum Gasteiger partial charge on any atom is -0.342 e. The van der Waals surface area contributed by atoms with Gasteiger partial charge in [-0.15, -0.1) is 0 Å². The first-order valence-electron chi connectivity index (χ1n) is 6.67. The smallest absolute Gasteiger partial charge is 0.342 e. The predicted octanol–water partition coefficient (Wildman–Crippen LogP) is 3.16. The molecule has 1 atom stereocenters. The van der Waals surface area contributed by atoms with Crippen molar-refractivity contribution >= 4 is 11.0 Å². The maximum Gasteiger partial charge on any atom is 0.392 e. The number of rotatable bonds is 3. The molecule has 0 bridgehead atoms. The van der Waals surface area contributed by atoms with Crippen molar-refractivity contribution < 1.29 is 13.2 Å². The number of benzene rings is 1. The summed E-state index contributed by atoms with van der Waals surface area (Å²) in [6.07, 6.45) is -4.11. The zero-order valence-electron chi connectivity index (χ0n) is 11.1. The monoisotopic (exact) mass is 283 g/mol.